The van der Waals surface area contributed by atoms with E-state index >= 15 is 0 Å². The zero-order valence-corrected chi connectivity index (χ0v) is 13.9. The van der Waals surface area contributed by atoms with Crippen LogP contribution in [0.15, 0.2) is 48.5 Å². The quantitative estimate of drug-likeness (QED) is 0.708. The molecule has 0 saturated carbocycles. The van der Waals surface area contributed by atoms with Crippen molar-refractivity contribution in [1.82, 2.24) is 0 Å². The number of rotatable bonds is 6. The lowest BCUT2D eigenvalue weighted by atomic mass is 9.92. The third-order valence-corrected chi connectivity index (χ3v) is 4.14. The Bertz CT molecular complexity index is 615. The van der Waals surface area contributed by atoms with Crippen LogP contribution in [0.1, 0.15) is 42.4 Å². The van der Waals surface area contributed by atoms with E-state index in [0.717, 1.165) is 16.9 Å². The molecule has 0 aliphatic carbocycles. The van der Waals surface area contributed by atoms with Gasteiger partial charge in [-0.05, 0) is 52.8 Å². The number of carbonyl (C=O) groups excluding carboxylic acids is 1. The summed E-state index contributed by atoms with van der Waals surface area (Å²) in [6.45, 7) is 4.33. The summed E-state index contributed by atoms with van der Waals surface area (Å²) >= 11 is 5.81. The molecule has 0 aliphatic heterocycles. The molecule has 0 aliphatic rings. The average Bonchev–Trinajstić information content (AvgIpc) is 2.53. The lowest BCUT2D eigenvalue weighted by molar-refractivity contribution is -0.113. The topological polar surface area (TPSA) is 26.3 Å². The van der Waals surface area contributed by atoms with Crippen LogP contribution in [-0.2, 0) is 11.2 Å². The minimum atomic E-state index is -0.336. The molecule has 2 nitrogen and oxygen atoms in total. The number of methoxy groups -OCH3 is 1. The molecule has 1 atom stereocenters. The molecule has 0 amide bonds. The van der Waals surface area contributed by atoms with Crippen molar-refractivity contribution in [2.75, 3.05) is 7.11 Å². The Morgan fingerprint density at radius 1 is 1.00 bits per heavy atom. The Hall–Kier alpha value is -1.80. The normalized spacial score (nSPS) is 12.2. The molecule has 2 aromatic rings. The van der Waals surface area contributed by atoms with Gasteiger partial charge >= 0.3 is 0 Å². The zero-order valence-electron chi connectivity index (χ0n) is 13.2. The molecule has 1 unspecified atom stereocenters. The third kappa shape index (κ3) is 4.11. The summed E-state index contributed by atoms with van der Waals surface area (Å²) in [6.07, 6.45) is 0.604. The highest BCUT2D eigenvalue weighted by atomic mass is 35.5. The van der Waals surface area contributed by atoms with Crippen LogP contribution >= 0.6 is 11.6 Å². The lowest BCUT2D eigenvalue weighted by Crippen LogP contribution is -2.10. The van der Waals surface area contributed by atoms with Crippen LogP contribution in [0, 0.1) is 0 Å². The number of carbonyl (C=O) groups is 1. The van der Waals surface area contributed by atoms with E-state index in [0.29, 0.717) is 12.3 Å². The van der Waals surface area contributed by atoms with Gasteiger partial charge < -0.3 is 4.74 Å². The third-order valence-electron chi connectivity index (χ3n) is 3.88. The van der Waals surface area contributed by atoms with Crippen LogP contribution in [-0.4, -0.2) is 12.4 Å². The highest BCUT2D eigenvalue weighted by Gasteiger charge is 2.19. The second-order valence-electron chi connectivity index (χ2n) is 5.73. The number of hydrogen-bond donors (Lipinski definition) is 0. The molecule has 0 N–H and O–H groups in total. The minimum absolute atomic E-state index is 0.335. The predicted octanol–water partition coefficient (Wildman–Crippen LogP) is 4.91. The van der Waals surface area contributed by atoms with Crippen LogP contribution in [0.4, 0.5) is 0 Å². The highest BCUT2D eigenvalue weighted by Crippen LogP contribution is 2.26. The molecule has 0 aromatic heterocycles. The van der Waals surface area contributed by atoms with Crippen LogP contribution in [0.2, 0.25) is 0 Å². The van der Waals surface area contributed by atoms with Crippen LogP contribution in [0.5, 0.6) is 5.75 Å². The molecule has 22 heavy (non-hydrogen) atoms. The van der Waals surface area contributed by atoms with Gasteiger partial charge in [-0.1, -0.05) is 50.2 Å². The van der Waals surface area contributed by atoms with Gasteiger partial charge in [-0.25, -0.2) is 0 Å². The van der Waals surface area contributed by atoms with Crippen molar-refractivity contribution in [3.05, 3.63) is 65.2 Å². The van der Waals surface area contributed by atoms with Gasteiger partial charge in [0.05, 0.1) is 13.0 Å². The van der Waals surface area contributed by atoms with Crippen molar-refractivity contribution in [1.29, 1.82) is 0 Å². The summed E-state index contributed by atoms with van der Waals surface area (Å²) in [6, 6.07) is 15.9. The monoisotopic (exact) mass is 316 g/mol. The second-order valence-corrected chi connectivity index (χ2v) is 6.10. The summed E-state index contributed by atoms with van der Waals surface area (Å²) < 4.78 is 5.15. The van der Waals surface area contributed by atoms with E-state index in [1.165, 1.54) is 5.56 Å². The summed E-state index contributed by atoms with van der Waals surface area (Å²) in [7, 11) is 1.62. The number of hydrogen-bond acceptors (Lipinski definition) is 2. The van der Waals surface area contributed by atoms with Gasteiger partial charge in [0.2, 0.25) is 5.24 Å². The number of benzene rings is 2. The van der Waals surface area contributed by atoms with Crippen molar-refractivity contribution in [3.63, 3.8) is 0 Å². The highest BCUT2D eigenvalue weighted by molar-refractivity contribution is 6.64. The molecule has 0 spiro atoms. The molecule has 116 valence electrons. The van der Waals surface area contributed by atoms with Gasteiger partial charge in [0.25, 0.3) is 0 Å². The fourth-order valence-electron chi connectivity index (χ4n) is 2.44. The van der Waals surface area contributed by atoms with Crippen LogP contribution < -0.4 is 4.74 Å². The molecule has 0 bridgehead atoms. The molecule has 3 heteroatoms. The van der Waals surface area contributed by atoms with Crippen molar-refractivity contribution in [2.24, 2.45) is 0 Å². The molecule has 2 aromatic carbocycles. The van der Waals surface area contributed by atoms with E-state index in [1.807, 2.05) is 24.3 Å². The van der Waals surface area contributed by atoms with Gasteiger partial charge in [0, 0.05) is 0 Å². The maximum Gasteiger partial charge on any atom is 0.229 e. The van der Waals surface area contributed by atoms with Gasteiger partial charge in [-0.15, -0.1) is 0 Å². The predicted molar refractivity (Wildman–Crippen MR) is 90.8 cm³/mol. The minimum Gasteiger partial charge on any atom is -0.497 e. The Balaban J connectivity index is 2.19. The first-order valence-corrected chi connectivity index (χ1v) is 7.81. The smallest absolute Gasteiger partial charge is 0.229 e. The van der Waals surface area contributed by atoms with Gasteiger partial charge in [-0.3, -0.25) is 4.79 Å². The lowest BCUT2D eigenvalue weighted by Gasteiger charge is -2.14. The standard InChI is InChI=1S/C19H21ClO2/c1-13(2)15-6-4-14(5-7-15)12-18(19(20)21)16-8-10-17(22-3)11-9-16/h4-11,13,18H,12H2,1-3H3. The Morgan fingerprint density at radius 3 is 2.00 bits per heavy atom. The molecular weight excluding hydrogens is 296 g/mol. The SMILES string of the molecule is COc1ccc(C(Cc2ccc(C(C)C)cc2)C(=O)Cl)cc1. The molecule has 0 radical (unpaired) electrons. The van der Waals surface area contributed by atoms with Gasteiger partial charge in [0.15, 0.2) is 0 Å². The first-order valence-electron chi connectivity index (χ1n) is 7.43. The molecule has 2 rings (SSSR count). The first kappa shape index (κ1) is 16.6. The summed E-state index contributed by atoms with van der Waals surface area (Å²) in [4.78, 5) is 11.8. The fraction of sp³-hybridized carbons (Fsp3) is 0.316. The number of ether oxygens (including phenoxy) is 1. The van der Waals surface area contributed by atoms with Gasteiger partial charge in [-0.2, -0.15) is 0 Å². The van der Waals surface area contributed by atoms with E-state index in [4.69, 9.17) is 16.3 Å². The maximum atomic E-state index is 11.8. The zero-order chi connectivity index (χ0) is 16.1. The Labute approximate surface area is 137 Å². The molecule has 0 fully saturated rings. The molecule has 0 saturated heterocycles. The summed E-state index contributed by atoms with van der Waals surface area (Å²) in [5.74, 6) is 0.935. The molecular formula is C19H21ClO2. The van der Waals surface area contributed by atoms with Gasteiger partial charge in [0.1, 0.15) is 5.75 Å². The van der Waals surface area contributed by atoms with E-state index in [9.17, 15) is 4.79 Å². The van der Waals surface area contributed by atoms with E-state index in [-0.39, 0.29) is 11.2 Å². The first-order chi connectivity index (χ1) is 10.5. The van der Waals surface area contributed by atoms with Crippen molar-refractivity contribution < 1.29 is 9.53 Å². The van der Waals surface area contributed by atoms with E-state index in [1.54, 1.807) is 7.11 Å². The average molecular weight is 317 g/mol. The largest absolute Gasteiger partial charge is 0.497 e. The maximum absolute atomic E-state index is 11.8. The van der Waals surface area contributed by atoms with Crippen LogP contribution in [0.3, 0.4) is 0 Å². The Morgan fingerprint density at radius 2 is 1.55 bits per heavy atom. The van der Waals surface area contributed by atoms with Crippen molar-refractivity contribution >= 4 is 16.8 Å². The number of halogens is 1. The Kier molecular flexibility index (Phi) is 5.62. The van der Waals surface area contributed by atoms with Crippen molar-refractivity contribution in [2.45, 2.75) is 32.1 Å². The van der Waals surface area contributed by atoms with Crippen LogP contribution in [0.25, 0.3) is 0 Å². The summed E-state index contributed by atoms with van der Waals surface area (Å²) in [5, 5.41) is -0.335. The van der Waals surface area contributed by atoms with E-state index < -0.39 is 0 Å². The van der Waals surface area contributed by atoms with E-state index in [2.05, 4.69) is 38.1 Å². The second kappa shape index (κ2) is 7.46. The fourth-order valence-corrected chi connectivity index (χ4v) is 2.64. The summed E-state index contributed by atoms with van der Waals surface area (Å²) in [5.41, 5.74) is 3.31. The van der Waals surface area contributed by atoms with Crippen molar-refractivity contribution in [3.8, 4) is 5.75 Å². The molecule has 0 heterocycles.